The topological polar surface area (TPSA) is 44.8 Å². The SMILES string of the molecule is CCC1(C(=O)N2CCC(N3CCNCC3)C2)CCOCC1. The molecule has 120 valence electrons. The summed E-state index contributed by atoms with van der Waals surface area (Å²) in [6, 6.07) is 0.574. The maximum Gasteiger partial charge on any atom is 0.229 e. The van der Waals surface area contributed by atoms with Gasteiger partial charge in [-0.3, -0.25) is 9.69 Å². The molecule has 1 N–H and O–H groups in total. The highest BCUT2D eigenvalue weighted by Crippen LogP contribution is 2.37. The van der Waals surface area contributed by atoms with Gasteiger partial charge in [-0.25, -0.2) is 0 Å². The molecule has 0 aromatic heterocycles. The highest BCUT2D eigenvalue weighted by Gasteiger charge is 2.43. The Morgan fingerprint density at radius 3 is 2.62 bits per heavy atom. The van der Waals surface area contributed by atoms with E-state index in [0.717, 1.165) is 78.2 Å². The summed E-state index contributed by atoms with van der Waals surface area (Å²) in [5.74, 6) is 0.394. The maximum atomic E-state index is 13.0. The van der Waals surface area contributed by atoms with Gasteiger partial charge in [-0.1, -0.05) is 6.92 Å². The standard InChI is InChI=1S/C16H29N3O2/c1-2-16(4-11-21-12-5-16)15(20)19-8-3-14(13-19)18-9-6-17-7-10-18/h14,17H,2-13H2,1H3. The van der Waals surface area contributed by atoms with Crippen molar-refractivity contribution in [2.24, 2.45) is 5.41 Å². The molecule has 21 heavy (non-hydrogen) atoms. The Labute approximate surface area is 128 Å². The second kappa shape index (κ2) is 6.63. The van der Waals surface area contributed by atoms with Gasteiger partial charge in [0, 0.05) is 58.5 Å². The number of nitrogens with zero attached hydrogens (tertiary/aromatic N) is 2. The van der Waals surface area contributed by atoms with Gasteiger partial charge in [0.05, 0.1) is 5.41 Å². The highest BCUT2D eigenvalue weighted by molar-refractivity contribution is 5.83. The third kappa shape index (κ3) is 3.10. The van der Waals surface area contributed by atoms with Crippen LogP contribution in [0.25, 0.3) is 0 Å². The van der Waals surface area contributed by atoms with Crippen molar-refractivity contribution >= 4 is 5.91 Å². The van der Waals surface area contributed by atoms with Gasteiger partial charge in [-0.2, -0.15) is 0 Å². The zero-order chi connectivity index (χ0) is 14.7. The summed E-state index contributed by atoms with van der Waals surface area (Å²) < 4.78 is 5.47. The molecule has 0 aliphatic carbocycles. The molecule has 3 fully saturated rings. The summed E-state index contributed by atoms with van der Waals surface area (Å²) in [7, 11) is 0. The molecule has 0 aromatic rings. The smallest absolute Gasteiger partial charge is 0.229 e. The minimum atomic E-state index is -0.142. The Bertz CT molecular complexity index is 363. The third-order valence-corrected chi connectivity index (χ3v) is 5.70. The molecule has 1 amide bonds. The predicted octanol–water partition coefficient (Wildman–Crippen LogP) is 0.699. The molecule has 3 saturated heterocycles. The van der Waals surface area contributed by atoms with Gasteiger partial charge in [0.2, 0.25) is 5.91 Å². The van der Waals surface area contributed by atoms with Gasteiger partial charge in [-0.05, 0) is 25.7 Å². The van der Waals surface area contributed by atoms with E-state index in [4.69, 9.17) is 4.74 Å². The number of likely N-dealkylation sites (tertiary alicyclic amines) is 1. The van der Waals surface area contributed by atoms with E-state index in [0.29, 0.717) is 11.9 Å². The molecule has 3 rings (SSSR count). The Kier molecular flexibility index (Phi) is 4.82. The summed E-state index contributed by atoms with van der Waals surface area (Å²) in [5.41, 5.74) is -0.142. The second-order valence-electron chi connectivity index (χ2n) is 6.73. The quantitative estimate of drug-likeness (QED) is 0.832. The lowest BCUT2D eigenvalue weighted by atomic mass is 9.76. The fraction of sp³-hybridized carbons (Fsp3) is 0.938. The number of nitrogens with one attached hydrogen (secondary N) is 1. The van der Waals surface area contributed by atoms with Crippen LogP contribution in [0.1, 0.15) is 32.6 Å². The van der Waals surface area contributed by atoms with Crippen LogP contribution in [0.4, 0.5) is 0 Å². The molecule has 1 unspecified atom stereocenters. The number of hydrogen-bond acceptors (Lipinski definition) is 4. The van der Waals surface area contributed by atoms with E-state index < -0.39 is 0 Å². The normalized spacial score (nSPS) is 30.5. The molecule has 0 aromatic carbocycles. The van der Waals surface area contributed by atoms with Crippen molar-refractivity contribution in [1.29, 1.82) is 0 Å². The van der Waals surface area contributed by atoms with E-state index in [1.165, 1.54) is 0 Å². The number of hydrogen-bond donors (Lipinski definition) is 1. The minimum Gasteiger partial charge on any atom is -0.381 e. The summed E-state index contributed by atoms with van der Waals surface area (Å²) in [6.07, 6.45) is 3.89. The second-order valence-corrected chi connectivity index (χ2v) is 6.73. The molecule has 3 aliphatic rings. The van der Waals surface area contributed by atoms with E-state index >= 15 is 0 Å². The van der Waals surface area contributed by atoms with Crippen molar-refractivity contribution in [1.82, 2.24) is 15.1 Å². The lowest BCUT2D eigenvalue weighted by molar-refractivity contribution is -0.147. The van der Waals surface area contributed by atoms with Crippen molar-refractivity contribution in [2.45, 2.75) is 38.6 Å². The molecular weight excluding hydrogens is 266 g/mol. The Morgan fingerprint density at radius 1 is 1.24 bits per heavy atom. The number of amides is 1. The van der Waals surface area contributed by atoms with Gasteiger partial charge >= 0.3 is 0 Å². The van der Waals surface area contributed by atoms with E-state index in [1.54, 1.807) is 0 Å². The van der Waals surface area contributed by atoms with Crippen molar-refractivity contribution in [3.63, 3.8) is 0 Å². The lowest BCUT2D eigenvalue weighted by Gasteiger charge is -2.38. The summed E-state index contributed by atoms with van der Waals surface area (Å²) >= 11 is 0. The van der Waals surface area contributed by atoms with Crippen molar-refractivity contribution in [3.8, 4) is 0 Å². The van der Waals surface area contributed by atoms with Crippen LogP contribution < -0.4 is 5.32 Å². The van der Waals surface area contributed by atoms with E-state index in [2.05, 4.69) is 22.0 Å². The third-order valence-electron chi connectivity index (χ3n) is 5.70. The molecule has 3 aliphatic heterocycles. The summed E-state index contributed by atoms with van der Waals surface area (Å²) in [6.45, 7) is 9.94. The zero-order valence-electron chi connectivity index (χ0n) is 13.3. The van der Waals surface area contributed by atoms with E-state index in [1.807, 2.05) is 0 Å². The van der Waals surface area contributed by atoms with Crippen LogP contribution in [0, 0.1) is 5.41 Å². The number of piperazine rings is 1. The van der Waals surface area contributed by atoms with Gasteiger partial charge in [0.1, 0.15) is 0 Å². The first kappa shape index (κ1) is 15.3. The number of rotatable bonds is 3. The van der Waals surface area contributed by atoms with Gasteiger partial charge in [-0.15, -0.1) is 0 Å². The largest absolute Gasteiger partial charge is 0.381 e. The van der Waals surface area contributed by atoms with Crippen LogP contribution in [0.15, 0.2) is 0 Å². The molecule has 0 radical (unpaired) electrons. The minimum absolute atomic E-state index is 0.142. The van der Waals surface area contributed by atoms with Gasteiger partial charge < -0.3 is 15.0 Å². The molecule has 0 saturated carbocycles. The zero-order valence-corrected chi connectivity index (χ0v) is 13.3. The first-order chi connectivity index (χ1) is 10.2. The van der Waals surface area contributed by atoms with Crippen molar-refractivity contribution in [3.05, 3.63) is 0 Å². The molecule has 3 heterocycles. The van der Waals surface area contributed by atoms with Crippen LogP contribution in [-0.2, 0) is 9.53 Å². The molecule has 5 nitrogen and oxygen atoms in total. The average molecular weight is 295 g/mol. The first-order valence-electron chi connectivity index (χ1n) is 8.57. The van der Waals surface area contributed by atoms with Crippen LogP contribution in [0.3, 0.4) is 0 Å². The molecule has 0 bridgehead atoms. The van der Waals surface area contributed by atoms with Gasteiger partial charge in [0.25, 0.3) is 0 Å². The average Bonchev–Trinajstić information content (AvgIpc) is 3.05. The Hall–Kier alpha value is -0.650. The summed E-state index contributed by atoms with van der Waals surface area (Å²) in [4.78, 5) is 17.7. The van der Waals surface area contributed by atoms with Crippen molar-refractivity contribution in [2.75, 3.05) is 52.5 Å². The van der Waals surface area contributed by atoms with Crippen LogP contribution >= 0.6 is 0 Å². The number of carbonyl (C=O) groups is 1. The fourth-order valence-electron chi connectivity index (χ4n) is 4.09. The Morgan fingerprint density at radius 2 is 1.95 bits per heavy atom. The molecule has 1 atom stereocenters. The van der Waals surface area contributed by atoms with Crippen LogP contribution in [-0.4, -0.2) is 74.2 Å². The molecule has 0 spiro atoms. The first-order valence-corrected chi connectivity index (χ1v) is 8.57. The predicted molar refractivity (Wildman–Crippen MR) is 82.2 cm³/mol. The number of ether oxygens (including phenoxy) is 1. The molecule has 5 heteroatoms. The van der Waals surface area contributed by atoms with E-state index in [-0.39, 0.29) is 5.41 Å². The van der Waals surface area contributed by atoms with E-state index in [9.17, 15) is 4.79 Å². The highest BCUT2D eigenvalue weighted by atomic mass is 16.5. The molecular formula is C16H29N3O2. The monoisotopic (exact) mass is 295 g/mol. The van der Waals surface area contributed by atoms with Crippen LogP contribution in [0.5, 0.6) is 0 Å². The number of carbonyl (C=O) groups excluding carboxylic acids is 1. The van der Waals surface area contributed by atoms with Crippen molar-refractivity contribution < 1.29 is 9.53 Å². The lowest BCUT2D eigenvalue weighted by Crippen LogP contribution is -2.50. The summed E-state index contributed by atoms with van der Waals surface area (Å²) in [5, 5.41) is 3.40. The fourth-order valence-corrected chi connectivity index (χ4v) is 4.09. The van der Waals surface area contributed by atoms with Gasteiger partial charge in [0.15, 0.2) is 0 Å². The Balaban J connectivity index is 1.60. The van der Waals surface area contributed by atoms with Crippen LogP contribution in [0.2, 0.25) is 0 Å². The maximum absolute atomic E-state index is 13.0.